The minimum absolute atomic E-state index is 0.0920. The Morgan fingerprint density at radius 3 is 1.55 bits per heavy atom. The van der Waals surface area contributed by atoms with Crippen LogP contribution in [0.3, 0.4) is 0 Å². The maximum atomic E-state index is 14.5. The molecular weight excluding hydrogens is 290 g/mol. The van der Waals surface area contributed by atoms with Crippen LogP contribution >= 0.6 is 0 Å². The number of benzene rings is 1. The summed E-state index contributed by atoms with van der Waals surface area (Å²) in [5, 5.41) is 0. The summed E-state index contributed by atoms with van der Waals surface area (Å²) in [7, 11) is 1.38. The van der Waals surface area contributed by atoms with Crippen LogP contribution in [0.1, 0.15) is 59.4 Å². The smallest absolute Gasteiger partial charge is 0.164 e. The lowest BCUT2D eigenvalue weighted by Gasteiger charge is -2.36. The lowest BCUT2D eigenvalue weighted by molar-refractivity contribution is 0.217. The quantitative estimate of drug-likeness (QED) is 0.456. The summed E-state index contributed by atoms with van der Waals surface area (Å²) in [6.45, 7) is 11.3. The Balaban J connectivity index is 3.63. The zero-order chi connectivity index (χ0) is 17.5. The molecule has 122 valence electrons. The second kappa shape index (κ2) is 6.29. The Bertz CT molecular complexity index is 528. The zero-order valence-corrected chi connectivity index (χ0v) is 14.5. The van der Waals surface area contributed by atoms with E-state index < -0.39 is 45.6 Å². The number of rotatable bonds is 3. The first-order valence-corrected chi connectivity index (χ1v) is 7.66. The average Bonchev–Trinajstić information content (AvgIpc) is 2.34. The monoisotopic (exact) mass is 314 g/mol. The molecular formula is C16H24B2F4. The molecule has 0 saturated carbocycles. The summed E-state index contributed by atoms with van der Waals surface area (Å²) in [6, 6.07) is 0. The molecule has 0 fully saturated rings. The van der Waals surface area contributed by atoms with E-state index in [0.29, 0.717) is 6.42 Å². The van der Waals surface area contributed by atoms with Gasteiger partial charge >= 0.3 is 0 Å². The number of halogens is 4. The summed E-state index contributed by atoms with van der Waals surface area (Å²) in [6.07, 6.45) is 0.425. The van der Waals surface area contributed by atoms with E-state index in [4.69, 9.17) is 0 Å². The fraction of sp³-hybridized carbons (Fsp3) is 0.625. The van der Waals surface area contributed by atoms with E-state index in [0.717, 1.165) is 0 Å². The first-order valence-electron chi connectivity index (χ1n) is 7.66. The lowest BCUT2D eigenvalue weighted by atomic mass is 9.50. The first kappa shape index (κ1) is 19.1. The maximum absolute atomic E-state index is 14.5. The number of hydrogen-bond donors (Lipinski definition) is 0. The second-order valence-corrected chi connectivity index (χ2v) is 8.19. The van der Waals surface area contributed by atoms with Crippen LogP contribution in [0.4, 0.5) is 17.6 Å². The minimum atomic E-state index is -1.26. The van der Waals surface area contributed by atoms with Crippen molar-refractivity contribution >= 4 is 20.4 Å². The molecule has 0 radical (unpaired) electrons. The van der Waals surface area contributed by atoms with E-state index in [1.165, 1.54) is 7.74 Å². The van der Waals surface area contributed by atoms with Crippen molar-refractivity contribution in [2.45, 2.75) is 53.9 Å². The van der Waals surface area contributed by atoms with E-state index in [1.54, 1.807) is 0 Å². The standard InChI is InChI=1S/C16H24B2F4/c1-15(2,3)7-8(16(4,5)6)9-11(19)13(21)10(18-17)14(22)12(9)20/h8,18H,7,17H2,1-6H3. The summed E-state index contributed by atoms with van der Waals surface area (Å²) >= 11 is 0. The fourth-order valence-corrected chi connectivity index (χ4v) is 2.76. The van der Waals surface area contributed by atoms with E-state index in [2.05, 4.69) is 0 Å². The van der Waals surface area contributed by atoms with Crippen LogP contribution in [-0.2, 0) is 0 Å². The van der Waals surface area contributed by atoms with Crippen LogP contribution in [0.15, 0.2) is 0 Å². The highest BCUT2D eigenvalue weighted by molar-refractivity contribution is 6.97. The van der Waals surface area contributed by atoms with E-state index in [1.807, 2.05) is 41.5 Å². The predicted molar refractivity (Wildman–Crippen MR) is 87.9 cm³/mol. The van der Waals surface area contributed by atoms with Gasteiger partial charge in [0.05, 0.1) is 7.74 Å². The van der Waals surface area contributed by atoms with Gasteiger partial charge in [0, 0.05) is 5.56 Å². The van der Waals surface area contributed by atoms with Crippen LogP contribution in [0.2, 0.25) is 0 Å². The topological polar surface area (TPSA) is 0 Å². The van der Waals surface area contributed by atoms with Gasteiger partial charge in [-0.1, -0.05) is 41.5 Å². The third-order valence-corrected chi connectivity index (χ3v) is 3.95. The van der Waals surface area contributed by atoms with Gasteiger partial charge in [0.15, 0.2) is 23.3 Å². The number of hydrogen-bond acceptors (Lipinski definition) is 0. The van der Waals surface area contributed by atoms with Crippen LogP contribution in [-0.4, -0.2) is 14.9 Å². The lowest BCUT2D eigenvalue weighted by Crippen LogP contribution is -2.32. The Hall–Kier alpha value is -0.930. The van der Waals surface area contributed by atoms with Gasteiger partial charge in [-0.15, -0.1) is 0 Å². The average molecular weight is 314 g/mol. The highest BCUT2D eigenvalue weighted by atomic mass is 19.2. The molecule has 0 spiro atoms. The Labute approximate surface area is 132 Å². The largest absolute Gasteiger partial charge is 0.204 e. The molecule has 1 atom stereocenters. The molecule has 0 N–H and O–H groups in total. The normalized spacial score (nSPS) is 14.1. The summed E-state index contributed by atoms with van der Waals surface area (Å²) in [4.78, 5) is 0. The fourth-order valence-electron chi connectivity index (χ4n) is 2.76. The van der Waals surface area contributed by atoms with E-state index >= 15 is 0 Å². The van der Waals surface area contributed by atoms with Crippen LogP contribution in [0, 0.1) is 34.1 Å². The van der Waals surface area contributed by atoms with Crippen molar-refractivity contribution in [2.75, 3.05) is 0 Å². The Morgan fingerprint density at radius 2 is 1.27 bits per heavy atom. The molecule has 1 aromatic carbocycles. The molecule has 0 amide bonds. The van der Waals surface area contributed by atoms with Gasteiger partial charge in [0.1, 0.15) is 7.17 Å². The molecule has 0 aliphatic carbocycles. The van der Waals surface area contributed by atoms with Crippen LogP contribution in [0.25, 0.3) is 0 Å². The molecule has 1 unspecified atom stereocenters. The highest BCUT2D eigenvalue weighted by Crippen LogP contribution is 2.45. The molecule has 0 aliphatic rings. The van der Waals surface area contributed by atoms with Crippen molar-refractivity contribution in [3.05, 3.63) is 28.8 Å². The van der Waals surface area contributed by atoms with Crippen molar-refractivity contribution in [3.63, 3.8) is 0 Å². The van der Waals surface area contributed by atoms with Crippen molar-refractivity contribution in [3.8, 4) is 0 Å². The summed E-state index contributed by atoms with van der Waals surface area (Å²) in [5.41, 5.74) is -1.74. The molecule has 0 nitrogen and oxygen atoms in total. The van der Waals surface area contributed by atoms with Crippen LogP contribution < -0.4 is 5.46 Å². The van der Waals surface area contributed by atoms with Gasteiger partial charge in [-0.2, -0.15) is 0 Å². The second-order valence-electron chi connectivity index (χ2n) is 8.19. The molecule has 0 heterocycles. The molecule has 1 rings (SSSR count). The summed E-state index contributed by atoms with van der Waals surface area (Å²) in [5.74, 6) is -5.65. The molecule has 0 aliphatic heterocycles. The Morgan fingerprint density at radius 1 is 0.864 bits per heavy atom. The molecule has 6 heteroatoms. The van der Waals surface area contributed by atoms with E-state index in [-0.39, 0.29) is 12.6 Å². The molecule has 22 heavy (non-hydrogen) atoms. The minimum Gasteiger partial charge on any atom is -0.204 e. The first-order chi connectivity index (χ1) is 9.81. The van der Waals surface area contributed by atoms with Crippen LogP contribution in [0.5, 0.6) is 0 Å². The SMILES string of the molecule is BBc1c(F)c(F)c(C(CC(C)(C)C)C(C)(C)C)c(F)c1F. The third-order valence-electron chi connectivity index (χ3n) is 3.95. The van der Waals surface area contributed by atoms with Gasteiger partial charge in [0.25, 0.3) is 0 Å². The van der Waals surface area contributed by atoms with Gasteiger partial charge in [-0.25, -0.2) is 17.6 Å². The van der Waals surface area contributed by atoms with Crippen molar-refractivity contribution < 1.29 is 17.6 Å². The van der Waals surface area contributed by atoms with Crippen molar-refractivity contribution in [1.82, 2.24) is 0 Å². The van der Waals surface area contributed by atoms with E-state index in [9.17, 15) is 17.6 Å². The third kappa shape index (κ3) is 3.88. The van der Waals surface area contributed by atoms with Gasteiger partial charge in [-0.3, -0.25) is 0 Å². The molecule has 0 bridgehead atoms. The molecule has 0 saturated heterocycles. The van der Waals surface area contributed by atoms with Crippen molar-refractivity contribution in [1.29, 1.82) is 0 Å². The molecule has 1 aromatic rings. The maximum Gasteiger partial charge on any atom is 0.164 e. The van der Waals surface area contributed by atoms with Gasteiger partial charge in [-0.05, 0) is 28.6 Å². The predicted octanol–water partition coefficient (Wildman–Crippen LogP) is 3.42. The highest BCUT2D eigenvalue weighted by Gasteiger charge is 2.37. The van der Waals surface area contributed by atoms with Gasteiger partial charge < -0.3 is 0 Å². The zero-order valence-electron chi connectivity index (χ0n) is 14.5. The summed E-state index contributed by atoms with van der Waals surface area (Å²) < 4.78 is 57.1. The molecule has 0 aromatic heterocycles. The van der Waals surface area contributed by atoms with Gasteiger partial charge in [0.2, 0.25) is 0 Å². The van der Waals surface area contributed by atoms with Crippen molar-refractivity contribution in [2.24, 2.45) is 10.8 Å². The Kier molecular flexibility index (Phi) is 5.46.